The van der Waals surface area contributed by atoms with Crippen molar-refractivity contribution < 1.29 is 9.90 Å². The lowest BCUT2D eigenvalue weighted by molar-refractivity contribution is -0.141. The van der Waals surface area contributed by atoms with E-state index in [1.165, 1.54) is 50.0 Å². The van der Waals surface area contributed by atoms with Gasteiger partial charge in [0.1, 0.15) is 6.10 Å². The fraction of sp³-hybridized carbons (Fsp3) is 0.650. The minimum Gasteiger partial charge on any atom is -0.384 e. The molecule has 3 rings (SSSR count). The van der Waals surface area contributed by atoms with E-state index in [0.717, 1.165) is 19.6 Å². The van der Waals surface area contributed by atoms with Crippen molar-refractivity contribution in [2.75, 3.05) is 44.2 Å². The van der Waals surface area contributed by atoms with Crippen molar-refractivity contribution in [2.45, 2.75) is 45.3 Å². The standard InChI is InChI=1S/C20H31N3O2/c1-17(24)20(25)23-14-12-21(13-15-23)16-18-6-8-19(9-7-18)22-10-4-2-3-5-11-22/h6-9,17,24H,2-5,10-16H2,1H3. The molecule has 1 aromatic carbocycles. The highest BCUT2D eigenvalue weighted by Crippen LogP contribution is 2.20. The summed E-state index contributed by atoms with van der Waals surface area (Å²) < 4.78 is 0. The topological polar surface area (TPSA) is 47.0 Å². The summed E-state index contributed by atoms with van der Waals surface area (Å²) in [6.07, 6.45) is 4.43. The monoisotopic (exact) mass is 345 g/mol. The van der Waals surface area contributed by atoms with Gasteiger partial charge in [-0.15, -0.1) is 0 Å². The third-order valence-corrected chi connectivity index (χ3v) is 5.36. The fourth-order valence-electron chi connectivity index (χ4n) is 3.79. The number of aliphatic hydroxyl groups excluding tert-OH is 1. The Kier molecular flexibility index (Phi) is 6.32. The van der Waals surface area contributed by atoms with Crippen LogP contribution in [0.1, 0.15) is 38.2 Å². The van der Waals surface area contributed by atoms with Crippen LogP contribution in [-0.4, -0.2) is 66.2 Å². The van der Waals surface area contributed by atoms with Crippen molar-refractivity contribution in [3.05, 3.63) is 29.8 Å². The molecule has 0 radical (unpaired) electrons. The summed E-state index contributed by atoms with van der Waals surface area (Å²) in [4.78, 5) is 18.5. The molecule has 1 amide bonds. The first-order chi connectivity index (χ1) is 12.1. The van der Waals surface area contributed by atoms with Gasteiger partial charge in [0.25, 0.3) is 5.91 Å². The van der Waals surface area contributed by atoms with Crippen LogP contribution < -0.4 is 4.90 Å². The zero-order valence-corrected chi connectivity index (χ0v) is 15.4. The number of hydrogen-bond donors (Lipinski definition) is 1. The van der Waals surface area contributed by atoms with Crippen molar-refractivity contribution in [2.24, 2.45) is 0 Å². The molecule has 0 spiro atoms. The lowest BCUT2D eigenvalue weighted by Crippen LogP contribution is -2.50. The number of anilines is 1. The Balaban J connectivity index is 1.50. The van der Waals surface area contributed by atoms with Crippen molar-refractivity contribution in [1.82, 2.24) is 9.80 Å². The molecule has 0 saturated carbocycles. The highest BCUT2D eigenvalue weighted by molar-refractivity contribution is 5.80. The van der Waals surface area contributed by atoms with Crippen LogP contribution in [0.5, 0.6) is 0 Å². The average Bonchev–Trinajstić information content (AvgIpc) is 2.92. The lowest BCUT2D eigenvalue weighted by Gasteiger charge is -2.35. The van der Waals surface area contributed by atoms with Crippen LogP contribution in [0.3, 0.4) is 0 Å². The number of benzene rings is 1. The predicted molar refractivity (Wildman–Crippen MR) is 101 cm³/mol. The first-order valence-corrected chi connectivity index (χ1v) is 9.66. The number of amides is 1. The Labute approximate surface area is 151 Å². The number of carbonyl (C=O) groups is 1. The molecular formula is C20H31N3O2. The van der Waals surface area contributed by atoms with E-state index in [4.69, 9.17) is 0 Å². The van der Waals surface area contributed by atoms with Gasteiger partial charge in [0.2, 0.25) is 0 Å². The molecule has 138 valence electrons. The van der Waals surface area contributed by atoms with Crippen LogP contribution in [0.4, 0.5) is 5.69 Å². The zero-order chi connectivity index (χ0) is 17.6. The summed E-state index contributed by atoms with van der Waals surface area (Å²) in [5.41, 5.74) is 2.67. The van der Waals surface area contributed by atoms with Crippen LogP contribution >= 0.6 is 0 Å². The first kappa shape index (κ1) is 18.2. The summed E-state index contributed by atoms with van der Waals surface area (Å²) in [5, 5.41) is 9.42. The summed E-state index contributed by atoms with van der Waals surface area (Å²) in [6.45, 7) is 7.97. The van der Waals surface area contributed by atoms with E-state index >= 15 is 0 Å². The van der Waals surface area contributed by atoms with Gasteiger partial charge in [-0.3, -0.25) is 9.69 Å². The molecule has 0 aliphatic carbocycles. The summed E-state index contributed by atoms with van der Waals surface area (Å²) in [6, 6.07) is 9.00. The molecule has 1 unspecified atom stereocenters. The van der Waals surface area contributed by atoms with Gasteiger partial charge in [0.05, 0.1) is 0 Å². The maximum Gasteiger partial charge on any atom is 0.251 e. The first-order valence-electron chi connectivity index (χ1n) is 9.66. The van der Waals surface area contributed by atoms with Crippen molar-refractivity contribution >= 4 is 11.6 Å². The van der Waals surface area contributed by atoms with Crippen molar-refractivity contribution in [3.63, 3.8) is 0 Å². The number of piperazine rings is 1. The van der Waals surface area contributed by atoms with E-state index in [0.29, 0.717) is 13.1 Å². The van der Waals surface area contributed by atoms with E-state index in [1.54, 1.807) is 11.8 Å². The second kappa shape index (κ2) is 8.68. The molecule has 1 aromatic rings. The SMILES string of the molecule is CC(O)C(=O)N1CCN(Cc2ccc(N3CCCCCC3)cc2)CC1. The second-order valence-electron chi connectivity index (χ2n) is 7.35. The molecule has 0 aromatic heterocycles. The summed E-state index contributed by atoms with van der Waals surface area (Å²) in [7, 11) is 0. The third kappa shape index (κ3) is 4.95. The highest BCUT2D eigenvalue weighted by Gasteiger charge is 2.23. The van der Waals surface area contributed by atoms with Gasteiger partial charge in [0.15, 0.2) is 0 Å². The van der Waals surface area contributed by atoms with Crippen LogP contribution in [-0.2, 0) is 11.3 Å². The van der Waals surface area contributed by atoms with Crippen molar-refractivity contribution in [3.8, 4) is 0 Å². The third-order valence-electron chi connectivity index (χ3n) is 5.36. The van der Waals surface area contributed by atoms with Crippen LogP contribution in [0.25, 0.3) is 0 Å². The number of aliphatic hydroxyl groups is 1. The molecule has 0 bridgehead atoms. The Morgan fingerprint density at radius 1 is 0.960 bits per heavy atom. The van der Waals surface area contributed by atoms with Crippen molar-refractivity contribution in [1.29, 1.82) is 0 Å². The summed E-state index contributed by atoms with van der Waals surface area (Å²) >= 11 is 0. The molecule has 2 fully saturated rings. The molecular weight excluding hydrogens is 314 g/mol. The number of nitrogens with zero attached hydrogens (tertiary/aromatic N) is 3. The van der Waals surface area contributed by atoms with Gasteiger partial charge in [-0.25, -0.2) is 0 Å². The normalized spacial score (nSPS) is 21.0. The Hall–Kier alpha value is -1.59. The Morgan fingerprint density at radius 3 is 2.12 bits per heavy atom. The lowest BCUT2D eigenvalue weighted by atomic mass is 10.1. The number of rotatable bonds is 4. The molecule has 2 heterocycles. The van der Waals surface area contributed by atoms with E-state index in [-0.39, 0.29) is 5.91 Å². The Bertz CT molecular complexity index is 543. The van der Waals surface area contributed by atoms with E-state index in [9.17, 15) is 9.90 Å². The molecule has 2 aliphatic heterocycles. The molecule has 2 saturated heterocycles. The highest BCUT2D eigenvalue weighted by atomic mass is 16.3. The van der Waals surface area contributed by atoms with Gasteiger partial charge in [0, 0.05) is 51.5 Å². The molecule has 25 heavy (non-hydrogen) atoms. The van der Waals surface area contributed by atoms with Gasteiger partial charge in [-0.1, -0.05) is 25.0 Å². The predicted octanol–water partition coefficient (Wildman–Crippen LogP) is 2.09. The molecule has 5 heteroatoms. The molecule has 1 N–H and O–H groups in total. The van der Waals surface area contributed by atoms with E-state index in [2.05, 4.69) is 34.1 Å². The average molecular weight is 345 g/mol. The minimum atomic E-state index is -0.891. The second-order valence-corrected chi connectivity index (χ2v) is 7.35. The van der Waals surface area contributed by atoms with Gasteiger partial charge >= 0.3 is 0 Å². The number of hydrogen-bond acceptors (Lipinski definition) is 4. The number of carbonyl (C=O) groups excluding carboxylic acids is 1. The van der Waals surface area contributed by atoms with Crippen LogP contribution in [0.15, 0.2) is 24.3 Å². The van der Waals surface area contributed by atoms with Crippen LogP contribution in [0.2, 0.25) is 0 Å². The molecule has 2 aliphatic rings. The maximum atomic E-state index is 11.8. The molecule has 5 nitrogen and oxygen atoms in total. The van der Waals surface area contributed by atoms with Crippen LogP contribution in [0, 0.1) is 0 Å². The Morgan fingerprint density at radius 2 is 1.56 bits per heavy atom. The van der Waals surface area contributed by atoms with Gasteiger partial charge < -0.3 is 14.9 Å². The quantitative estimate of drug-likeness (QED) is 0.908. The minimum absolute atomic E-state index is 0.151. The van der Waals surface area contributed by atoms with Gasteiger partial charge in [-0.05, 0) is 37.5 Å². The fourth-order valence-corrected chi connectivity index (χ4v) is 3.79. The van der Waals surface area contributed by atoms with Gasteiger partial charge in [-0.2, -0.15) is 0 Å². The largest absolute Gasteiger partial charge is 0.384 e. The van der Waals surface area contributed by atoms with E-state index < -0.39 is 6.10 Å². The zero-order valence-electron chi connectivity index (χ0n) is 15.4. The maximum absolute atomic E-state index is 11.8. The molecule has 1 atom stereocenters. The smallest absolute Gasteiger partial charge is 0.251 e. The van der Waals surface area contributed by atoms with E-state index in [1.807, 2.05) is 0 Å². The summed E-state index contributed by atoms with van der Waals surface area (Å²) in [5.74, 6) is -0.151.